The Labute approximate surface area is 441 Å². The van der Waals surface area contributed by atoms with Crippen LogP contribution in [0.15, 0.2) is 109 Å². The minimum Gasteiger partial charge on any atom is -0.492 e. The van der Waals surface area contributed by atoms with E-state index in [0.29, 0.717) is 71.4 Å². The van der Waals surface area contributed by atoms with Gasteiger partial charge < -0.3 is 45.7 Å². The van der Waals surface area contributed by atoms with Crippen molar-refractivity contribution in [3.8, 4) is 34.0 Å². The molecule has 21 heteroatoms. The van der Waals surface area contributed by atoms with Gasteiger partial charge in [-0.2, -0.15) is 10.2 Å². The minimum atomic E-state index is -0.380. The molecule has 0 radical (unpaired) electrons. The topological polar surface area (TPSA) is 201 Å². The Hall–Kier alpha value is -7.16. The van der Waals surface area contributed by atoms with Gasteiger partial charge in [-0.25, -0.2) is 9.59 Å². The molecule has 0 aliphatic carbocycles. The number of nitrogens with one attached hydrogen (secondary N) is 5. The Balaban J connectivity index is 0.000000219. The summed E-state index contributed by atoms with van der Waals surface area (Å²) in [5, 5.41) is 24.5. The van der Waals surface area contributed by atoms with Crippen LogP contribution < -0.4 is 36.1 Å². The van der Waals surface area contributed by atoms with Gasteiger partial charge in [0.1, 0.15) is 24.7 Å². The summed E-state index contributed by atoms with van der Waals surface area (Å²) in [6.45, 7) is 12.7. The van der Waals surface area contributed by atoms with Gasteiger partial charge in [-0.1, -0.05) is 23.2 Å². The van der Waals surface area contributed by atoms with Gasteiger partial charge in [-0.05, 0) is 111 Å². The number of rotatable bonds is 17. The van der Waals surface area contributed by atoms with Crippen LogP contribution >= 0.6 is 23.2 Å². The summed E-state index contributed by atoms with van der Waals surface area (Å²) in [6, 6.07) is 28.0. The summed E-state index contributed by atoms with van der Waals surface area (Å²) >= 11 is 11.8. The Morgan fingerprint density at radius 3 is 1.57 bits per heavy atom. The van der Waals surface area contributed by atoms with Gasteiger partial charge in [0.15, 0.2) is 0 Å². The zero-order chi connectivity index (χ0) is 52.6. The van der Waals surface area contributed by atoms with E-state index >= 15 is 0 Å². The fraction of sp³-hybridized carbons (Fsp3) is 0.358. The second kappa shape index (κ2) is 26.2. The first-order valence-corrected chi connectivity index (χ1v) is 25.1. The van der Waals surface area contributed by atoms with Gasteiger partial charge >= 0.3 is 18.0 Å². The number of piperazine rings is 2. The third-order valence-electron chi connectivity index (χ3n) is 12.6. The number of hydrogen-bond donors (Lipinski definition) is 5. The molecule has 0 saturated carbocycles. The molecule has 392 valence electrons. The maximum Gasteiger partial charge on any atom is 0.323 e. The van der Waals surface area contributed by atoms with E-state index in [4.69, 9.17) is 32.7 Å². The average molecular weight is 1050 g/mol. The number of hydrogen-bond acceptors (Lipinski definition) is 12. The van der Waals surface area contributed by atoms with Gasteiger partial charge in [0.05, 0.1) is 24.9 Å². The van der Waals surface area contributed by atoms with Crippen molar-refractivity contribution in [1.29, 1.82) is 0 Å². The molecule has 0 atom stereocenters. The molecule has 0 spiro atoms. The van der Waals surface area contributed by atoms with Crippen molar-refractivity contribution in [2.75, 3.05) is 100 Å². The number of anilines is 4. The molecule has 2 aliphatic heterocycles. The lowest BCUT2D eigenvalue weighted by atomic mass is 10.0. The number of aryl methyl sites for hydroxylation is 2. The number of urea groups is 2. The highest BCUT2D eigenvalue weighted by atomic mass is 35.5. The highest BCUT2D eigenvalue weighted by Gasteiger charge is 2.29. The second-order valence-electron chi connectivity index (χ2n) is 18.3. The molecule has 8 rings (SSSR count). The van der Waals surface area contributed by atoms with Crippen molar-refractivity contribution in [3.05, 3.63) is 120 Å². The number of esters is 1. The van der Waals surface area contributed by atoms with Crippen molar-refractivity contribution in [1.82, 2.24) is 39.6 Å². The first kappa shape index (κ1) is 54.6. The van der Waals surface area contributed by atoms with E-state index in [1.54, 1.807) is 81.3 Å². The number of carbonyl (C=O) groups is 4. The van der Waals surface area contributed by atoms with Crippen molar-refractivity contribution in [2.24, 2.45) is 14.1 Å². The zero-order valence-corrected chi connectivity index (χ0v) is 43.8. The number of nitrogens with zero attached hydrogens (tertiary/aromatic N) is 7. The van der Waals surface area contributed by atoms with Crippen LogP contribution in [0, 0.1) is 0 Å². The minimum absolute atomic E-state index is 0.0299. The third kappa shape index (κ3) is 15.7. The molecule has 2 aliphatic rings. The maximum atomic E-state index is 12.6. The summed E-state index contributed by atoms with van der Waals surface area (Å²) in [5.74, 6) is 1.01. The smallest absolute Gasteiger partial charge is 0.323 e. The maximum absolute atomic E-state index is 12.6. The average Bonchev–Trinajstić information content (AvgIpc) is 4.04. The summed E-state index contributed by atoms with van der Waals surface area (Å²) in [5.41, 5.74) is 5.82. The molecule has 4 heterocycles. The highest BCUT2D eigenvalue weighted by Crippen LogP contribution is 2.35. The molecule has 0 bridgehead atoms. The molecule has 2 saturated heterocycles. The van der Waals surface area contributed by atoms with Crippen LogP contribution in [0.1, 0.15) is 26.7 Å². The van der Waals surface area contributed by atoms with Crippen molar-refractivity contribution < 1.29 is 33.4 Å². The summed E-state index contributed by atoms with van der Waals surface area (Å²) in [6.07, 6.45) is 3.72. The van der Waals surface area contributed by atoms with E-state index in [2.05, 4.69) is 65.2 Å². The molecule has 6 aromatic rings. The van der Waals surface area contributed by atoms with E-state index in [9.17, 15) is 19.2 Å². The molecule has 5 amide bonds. The first-order chi connectivity index (χ1) is 35.6. The van der Waals surface area contributed by atoms with Crippen LogP contribution in [0.25, 0.3) is 22.5 Å². The largest absolute Gasteiger partial charge is 0.492 e. The van der Waals surface area contributed by atoms with Gasteiger partial charge in [0, 0.05) is 141 Å². The van der Waals surface area contributed by atoms with E-state index in [1.165, 1.54) is 7.11 Å². The Bertz CT molecular complexity index is 2830. The fourth-order valence-corrected chi connectivity index (χ4v) is 8.64. The molecule has 5 N–H and O–H groups in total. The number of halogens is 2. The SMILES string of the molecule is COC(=O)CCC(=O)N1CCN(CCOc2ccc(NC(=O)Nc3ccc(Cl)cc3)cc2-c2ccnn2C)CC1.Cn1nccc1-c1cc(NC(=O)Nc2ccc(Cl)cc2)ccc1OCC(C)(C)N1CCNCC1. The number of carbonyl (C=O) groups excluding carboxylic acids is 4. The summed E-state index contributed by atoms with van der Waals surface area (Å²) in [4.78, 5) is 55.2. The van der Waals surface area contributed by atoms with Gasteiger partial charge in [-0.3, -0.25) is 28.8 Å². The standard InChI is InChI=1S/C28H33ClN6O5.C25H31ClN6O2/c1-33-24(11-12-30-33)23-19-22(32-28(38)31-21-5-3-20(29)4-6-21)7-8-25(23)40-18-17-34-13-15-35(16-14-34)26(36)9-10-27(37)39-2;1-25(2,32-14-12-27-13-15-32)17-34-23-9-8-20(16-21(23)22-10-11-28-31(22)3)30-24(33)29-19-6-4-18(26)5-7-19/h3-8,11-12,19H,9-10,13-18H2,1-2H3,(H2,31,32,38);4-11,16,27H,12-15,17H2,1-3H3,(H2,29,30,33). The van der Waals surface area contributed by atoms with Crippen LogP contribution in [0.2, 0.25) is 10.0 Å². The predicted molar refractivity (Wildman–Crippen MR) is 289 cm³/mol. The van der Waals surface area contributed by atoms with Crippen LogP contribution in [-0.4, -0.2) is 143 Å². The first-order valence-electron chi connectivity index (χ1n) is 24.3. The fourth-order valence-electron chi connectivity index (χ4n) is 8.39. The molecular formula is C53H64Cl2N12O7. The van der Waals surface area contributed by atoms with Gasteiger partial charge in [0.25, 0.3) is 0 Å². The summed E-state index contributed by atoms with van der Waals surface area (Å²) in [7, 11) is 5.05. The molecule has 0 unspecified atom stereocenters. The lowest BCUT2D eigenvalue weighted by Crippen LogP contribution is -2.55. The number of benzene rings is 4. The van der Waals surface area contributed by atoms with E-state index in [0.717, 1.165) is 67.5 Å². The lowest BCUT2D eigenvalue weighted by Gasteiger charge is -2.40. The zero-order valence-electron chi connectivity index (χ0n) is 42.3. The van der Waals surface area contributed by atoms with Crippen LogP contribution in [0.3, 0.4) is 0 Å². The van der Waals surface area contributed by atoms with Gasteiger partial charge in [0.2, 0.25) is 5.91 Å². The van der Waals surface area contributed by atoms with Crippen molar-refractivity contribution in [2.45, 2.75) is 32.2 Å². The van der Waals surface area contributed by atoms with E-state index < -0.39 is 0 Å². The van der Waals surface area contributed by atoms with Crippen molar-refractivity contribution in [3.63, 3.8) is 0 Å². The highest BCUT2D eigenvalue weighted by molar-refractivity contribution is 6.31. The van der Waals surface area contributed by atoms with Crippen LogP contribution in [0.5, 0.6) is 11.5 Å². The predicted octanol–water partition coefficient (Wildman–Crippen LogP) is 8.31. The Morgan fingerprint density at radius 1 is 0.622 bits per heavy atom. The number of amides is 5. The van der Waals surface area contributed by atoms with Crippen molar-refractivity contribution >= 4 is 69.9 Å². The normalized spacial score (nSPS) is 14.0. The number of ether oxygens (including phenoxy) is 3. The molecule has 74 heavy (non-hydrogen) atoms. The Morgan fingerprint density at radius 2 is 1.09 bits per heavy atom. The summed E-state index contributed by atoms with van der Waals surface area (Å²) < 4.78 is 20.7. The van der Waals surface area contributed by atoms with Crippen LogP contribution in [-0.2, 0) is 28.4 Å². The third-order valence-corrected chi connectivity index (χ3v) is 13.1. The number of methoxy groups -OCH3 is 1. The quantitative estimate of drug-likeness (QED) is 0.0548. The monoisotopic (exact) mass is 1050 g/mol. The molecule has 4 aromatic carbocycles. The van der Waals surface area contributed by atoms with Crippen LogP contribution in [0.4, 0.5) is 32.3 Å². The molecule has 19 nitrogen and oxygen atoms in total. The number of aromatic nitrogens is 4. The van der Waals surface area contributed by atoms with E-state index in [1.807, 2.05) is 56.6 Å². The molecule has 2 fully saturated rings. The Kier molecular flexibility index (Phi) is 19.3. The molecule has 2 aromatic heterocycles. The van der Waals surface area contributed by atoms with E-state index in [-0.39, 0.29) is 42.3 Å². The second-order valence-corrected chi connectivity index (χ2v) is 19.1. The molecular weight excluding hydrogens is 988 g/mol. The van der Waals surface area contributed by atoms with Gasteiger partial charge in [-0.15, -0.1) is 0 Å². The lowest BCUT2D eigenvalue weighted by molar-refractivity contribution is -0.144.